The molecule has 0 aliphatic rings. The molecule has 2 rings (SSSR count). The lowest BCUT2D eigenvalue weighted by molar-refractivity contribution is 0.103. The van der Waals surface area contributed by atoms with Gasteiger partial charge in [0.25, 0.3) is 0 Å². The number of methoxy groups -OCH3 is 2. The Labute approximate surface area is 111 Å². The zero-order valence-corrected chi connectivity index (χ0v) is 11.0. The van der Waals surface area contributed by atoms with Crippen LogP contribution < -0.4 is 9.47 Å². The van der Waals surface area contributed by atoms with Gasteiger partial charge in [-0.1, -0.05) is 12.1 Å². The van der Waals surface area contributed by atoms with Gasteiger partial charge in [-0.3, -0.25) is 4.79 Å². The summed E-state index contributed by atoms with van der Waals surface area (Å²) in [6.07, 6.45) is 2.94. The number of hydrogen-bond acceptors (Lipinski definition) is 5. The molecule has 0 atom stereocenters. The topological polar surface area (TPSA) is 61.3 Å². The molecular formula is C14H14N2O3. The van der Waals surface area contributed by atoms with Gasteiger partial charge in [0.2, 0.25) is 11.7 Å². The lowest BCUT2D eigenvalue weighted by atomic mass is 10.1. The van der Waals surface area contributed by atoms with E-state index in [9.17, 15) is 4.79 Å². The highest BCUT2D eigenvalue weighted by atomic mass is 16.5. The van der Waals surface area contributed by atoms with E-state index in [1.165, 1.54) is 19.5 Å². The number of aryl methyl sites for hydroxylation is 1. The van der Waals surface area contributed by atoms with Crippen LogP contribution >= 0.6 is 0 Å². The first kappa shape index (κ1) is 13.0. The Bertz CT molecular complexity index is 611. The summed E-state index contributed by atoms with van der Waals surface area (Å²) in [6, 6.07) is 5.25. The average molecular weight is 258 g/mol. The molecule has 5 heteroatoms. The molecule has 1 aromatic carbocycles. The Balaban J connectivity index is 2.44. The summed E-state index contributed by atoms with van der Waals surface area (Å²) in [6.45, 7) is 1.91. The van der Waals surface area contributed by atoms with Gasteiger partial charge >= 0.3 is 0 Å². The van der Waals surface area contributed by atoms with E-state index >= 15 is 0 Å². The van der Waals surface area contributed by atoms with Crippen molar-refractivity contribution in [2.24, 2.45) is 0 Å². The average Bonchev–Trinajstić information content (AvgIpc) is 2.47. The molecule has 0 fully saturated rings. The number of ether oxygens (including phenoxy) is 2. The Hall–Kier alpha value is -2.43. The third-order valence-corrected chi connectivity index (χ3v) is 2.74. The van der Waals surface area contributed by atoms with E-state index in [1.54, 1.807) is 19.2 Å². The third-order valence-electron chi connectivity index (χ3n) is 2.74. The van der Waals surface area contributed by atoms with Crippen molar-refractivity contribution in [3.8, 4) is 11.6 Å². The fourth-order valence-electron chi connectivity index (χ4n) is 1.73. The van der Waals surface area contributed by atoms with E-state index in [2.05, 4.69) is 9.97 Å². The normalized spacial score (nSPS) is 10.1. The number of ketones is 1. The molecule has 5 nitrogen and oxygen atoms in total. The molecule has 0 N–H and O–H groups in total. The van der Waals surface area contributed by atoms with Crippen LogP contribution in [0.2, 0.25) is 0 Å². The summed E-state index contributed by atoms with van der Waals surface area (Å²) >= 11 is 0. The van der Waals surface area contributed by atoms with E-state index in [0.29, 0.717) is 11.3 Å². The second-order valence-corrected chi connectivity index (χ2v) is 3.93. The molecular weight excluding hydrogens is 244 g/mol. The van der Waals surface area contributed by atoms with Gasteiger partial charge in [0, 0.05) is 18.0 Å². The van der Waals surface area contributed by atoms with Crippen LogP contribution in [0.1, 0.15) is 21.6 Å². The van der Waals surface area contributed by atoms with Gasteiger partial charge in [0.1, 0.15) is 5.75 Å². The van der Waals surface area contributed by atoms with E-state index in [0.717, 1.165) is 5.56 Å². The first-order valence-corrected chi connectivity index (χ1v) is 5.71. The van der Waals surface area contributed by atoms with Crippen molar-refractivity contribution in [1.82, 2.24) is 9.97 Å². The molecule has 0 unspecified atom stereocenters. The molecule has 0 amide bonds. The first-order chi connectivity index (χ1) is 9.17. The molecule has 1 heterocycles. The number of benzene rings is 1. The summed E-state index contributed by atoms with van der Waals surface area (Å²) in [4.78, 5) is 20.4. The van der Waals surface area contributed by atoms with Crippen LogP contribution in [0.25, 0.3) is 0 Å². The van der Waals surface area contributed by atoms with Crippen LogP contribution in [0.15, 0.2) is 30.6 Å². The maximum Gasteiger partial charge on any atom is 0.243 e. The van der Waals surface area contributed by atoms with Crippen molar-refractivity contribution < 1.29 is 14.3 Å². The number of nitrogens with zero attached hydrogens (tertiary/aromatic N) is 2. The lowest BCUT2D eigenvalue weighted by Gasteiger charge is -2.08. The van der Waals surface area contributed by atoms with Gasteiger partial charge < -0.3 is 9.47 Å². The molecule has 2 aromatic rings. The van der Waals surface area contributed by atoms with E-state index in [-0.39, 0.29) is 17.4 Å². The highest BCUT2D eigenvalue weighted by molar-refractivity contribution is 6.09. The molecule has 0 saturated carbocycles. The third kappa shape index (κ3) is 2.54. The summed E-state index contributed by atoms with van der Waals surface area (Å²) in [5.74, 6) is 0.629. The summed E-state index contributed by atoms with van der Waals surface area (Å²) in [7, 11) is 3.02. The highest BCUT2D eigenvalue weighted by Crippen LogP contribution is 2.22. The molecule has 0 bridgehead atoms. The highest BCUT2D eigenvalue weighted by Gasteiger charge is 2.17. The van der Waals surface area contributed by atoms with Crippen LogP contribution in [0.4, 0.5) is 0 Å². The number of aromatic nitrogens is 2. The molecule has 0 aliphatic heterocycles. The predicted molar refractivity (Wildman–Crippen MR) is 69.7 cm³/mol. The van der Waals surface area contributed by atoms with Crippen molar-refractivity contribution >= 4 is 5.78 Å². The number of hydrogen-bond donors (Lipinski definition) is 0. The largest absolute Gasteiger partial charge is 0.496 e. The minimum absolute atomic E-state index is 0.191. The van der Waals surface area contributed by atoms with Crippen molar-refractivity contribution in [2.45, 2.75) is 6.92 Å². The zero-order chi connectivity index (χ0) is 13.8. The quantitative estimate of drug-likeness (QED) is 0.785. The van der Waals surface area contributed by atoms with Gasteiger partial charge in [-0.25, -0.2) is 9.97 Å². The fourth-order valence-corrected chi connectivity index (χ4v) is 1.73. The molecule has 0 aliphatic carbocycles. The van der Waals surface area contributed by atoms with Gasteiger partial charge in [-0.05, 0) is 18.6 Å². The first-order valence-electron chi connectivity index (χ1n) is 5.71. The number of carbonyl (C=O) groups is 1. The van der Waals surface area contributed by atoms with Crippen LogP contribution in [-0.2, 0) is 0 Å². The van der Waals surface area contributed by atoms with Crippen molar-refractivity contribution in [1.29, 1.82) is 0 Å². The molecule has 0 spiro atoms. The standard InChI is InChI=1S/C14H14N2O3/c1-9-4-5-10(8-11(9)18-2)13(17)12-14(19-3)16-7-6-15-12/h4-8H,1-3H3. The molecule has 98 valence electrons. The van der Waals surface area contributed by atoms with Crippen LogP contribution in [0.3, 0.4) is 0 Å². The van der Waals surface area contributed by atoms with Gasteiger partial charge in [0.15, 0.2) is 5.69 Å². The molecule has 1 aromatic heterocycles. The Morgan fingerprint density at radius 1 is 1.11 bits per heavy atom. The second-order valence-electron chi connectivity index (χ2n) is 3.93. The van der Waals surface area contributed by atoms with Crippen molar-refractivity contribution in [2.75, 3.05) is 14.2 Å². The SMILES string of the molecule is COc1cc(C(=O)c2nccnc2OC)ccc1C. The van der Waals surface area contributed by atoms with E-state index < -0.39 is 0 Å². The van der Waals surface area contributed by atoms with E-state index in [4.69, 9.17) is 9.47 Å². The Morgan fingerprint density at radius 3 is 2.53 bits per heavy atom. The summed E-state index contributed by atoms with van der Waals surface area (Å²) in [5, 5.41) is 0. The van der Waals surface area contributed by atoms with Gasteiger partial charge in [0.05, 0.1) is 14.2 Å². The maximum atomic E-state index is 12.4. The van der Waals surface area contributed by atoms with E-state index in [1.807, 2.05) is 13.0 Å². The smallest absolute Gasteiger partial charge is 0.243 e. The number of carbonyl (C=O) groups excluding carboxylic acids is 1. The van der Waals surface area contributed by atoms with Crippen LogP contribution in [0, 0.1) is 6.92 Å². The summed E-state index contributed by atoms with van der Waals surface area (Å²) < 4.78 is 10.3. The fraction of sp³-hybridized carbons (Fsp3) is 0.214. The van der Waals surface area contributed by atoms with Crippen LogP contribution in [0.5, 0.6) is 11.6 Å². The maximum absolute atomic E-state index is 12.4. The van der Waals surface area contributed by atoms with Crippen LogP contribution in [-0.4, -0.2) is 30.0 Å². The van der Waals surface area contributed by atoms with Crippen molar-refractivity contribution in [3.05, 3.63) is 47.4 Å². The molecule has 19 heavy (non-hydrogen) atoms. The zero-order valence-electron chi connectivity index (χ0n) is 11.0. The summed E-state index contributed by atoms with van der Waals surface area (Å²) in [5.41, 5.74) is 1.64. The predicted octanol–water partition coefficient (Wildman–Crippen LogP) is 2.03. The van der Waals surface area contributed by atoms with Gasteiger partial charge in [-0.2, -0.15) is 0 Å². The number of rotatable bonds is 4. The minimum atomic E-state index is -0.247. The lowest BCUT2D eigenvalue weighted by Crippen LogP contribution is -2.08. The molecule has 0 saturated heterocycles. The Morgan fingerprint density at radius 2 is 1.84 bits per heavy atom. The molecule has 0 radical (unpaired) electrons. The van der Waals surface area contributed by atoms with Crippen molar-refractivity contribution in [3.63, 3.8) is 0 Å². The monoisotopic (exact) mass is 258 g/mol. The second kappa shape index (κ2) is 5.48. The van der Waals surface area contributed by atoms with Gasteiger partial charge in [-0.15, -0.1) is 0 Å². The Kier molecular flexibility index (Phi) is 3.75. The minimum Gasteiger partial charge on any atom is -0.496 e.